The average Bonchev–Trinajstić information content (AvgIpc) is 3.31. The molecule has 2 unspecified atom stereocenters. The number of nitrogens with zero attached hydrogens (tertiary/aromatic N) is 2. The van der Waals surface area contributed by atoms with E-state index in [0.29, 0.717) is 17.4 Å². The predicted molar refractivity (Wildman–Crippen MR) is 119 cm³/mol. The zero-order valence-electron chi connectivity index (χ0n) is 18.4. The van der Waals surface area contributed by atoms with Gasteiger partial charge in [0.1, 0.15) is 12.2 Å². The number of hydrogen-bond donors (Lipinski definition) is 0. The number of carbonyl (C=O) groups excluding carboxylic acids is 2. The van der Waals surface area contributed by atoms with Crippen LogP contribution in [0.25, 0.3) is 0 Å². The number of likely N-dealkylation sites (tertiary alicyclic amines) is 1. The molecule has 0 saturated carbocycles. The molecule has 4 rings (SSSR count). The third-order valence-corrected chi connectivity index (χ3v) is 5.82. The Balaban J connectivity index is 1.29. The minimum atomic E-state index is -0.467. The van der Waals surface area contributed by atoms with E-state index in [1.807, 2.05) is 80.3 Å². The van der Waals surface area contributed by atoms with Crippen LogP contribution in [0.1, 0.15) is 36.7 Å². The molecule has 2 saturated heterocycles. The van der Waals surface area contributed by atoms with Gasteiger partial charge in [-0.3, -0.25) is 0 Å². The van der Waals surface area contributed by atoms with E-state index in [4.69, 9.17) is 9.47 Å². The molecule has 0 aromatic heterocycles. The summed E-state index contributed by atoms with van der Waals surface area (Å²) >= 11 is 0. The fraction of sp³-hybridized carbons (Fsp3) is 0.440. The van der Waals surface area contributed by atoms with Gasteiger partial charge < -0.3 is 19.3 Å². The highest BCUT2D eigenvalue weighted by molar-refractivity contribution is 5.89. The number of amides is 1. The van der Waals surface area contributed by atoms with E-state index in [9.17, 15) is 9.59 Å². The number of benzene rings is 2. The van der Waals surface area contributed by atoms with Gasteiger partial charge in [-0.05, 0) is 50.6 Å². The highest BCUT2D eigenvalue weighted by Crippen LogP contribution is 2.34. The monoisotopic (exact) mass is 422 g/mol. The molecule has 31 heavy (non-hydrogen) atoms. The van der Waals surface area contributed by atoms with Gasteiger partial charge in [0.25, 0.3) is 0 Å². The number of rotatable bonds is 4. The predicted octanol–water partition coefficient (Wildman–Crippen LogP) is 4.35. The summed E-state index contributed by atoms with van der Waals surface area (Å²) in [7, 11) is 0. The van der Waals surface area contributed by atoms with Crippen molar-refractivity contribution in [1.82, 2.24) is 4.90 Å². The minimum absolute atomic E-state index is 0.216. The molecule has 2 fully saturated rings. The van der Waals surface area contributed by atoms with Crippen LogP contribution in [0.4, 0.5) is 10.5 Å². The van der Waals surface area contributed by atoms with Crippen molar-refractivity contribution in [1.29, 1.82) is 0 Å². The molecule has 164 valence electrons. The topological polar surface area (TPSA) is 59.1 Å². The number of carbonyl (C=O) groups is 2. The zero-order chi connectivity index (χ0) is 22.0. The maximum absolute atomic E-state index is 12.3. The zero-order valence-corrected chi connectivity index (χ0v) is 18.4. The second-order valence-electron chi connectivity index (χ2n) is 9.42. The molecule has 2 aliphatic rings. The lowest BCUT2D eigenvalue weighted by Gasteiger charge is -2.26. The van der Waals surface area contributed by atoms with Crippen molar-refractivity contribution in [2.24, 2.45) is 11.8 Å². The quantitative estimate of drug-likeness (QED) is 0.686. The Hall–Kier alpha value is -3.02. The Morgan fingerprint density at radius 1 is 0.903 bits per heavy atom. The largest absolute Gasteiger partial charge is 0.457 e. The fourth-order valence-corrected chi connectivity index (χ4v) is 4.29. The molecule has 1 amide bonds. The van der Waals surface area contributed by atoms with E-state index in [1.165, 1.54) is 0 Å². The third kappa shape index (κ3) is 5.19. The van der Waals surface area contributed by atoms with Gasteiger partial charge in [-0.15, -0.1) is 0 Å². The molecule has 0 aliphatic carbocycles. The lowest BCUT2D eigenvalue weighted by molar-refractivity contribution is 0.0282. The van der Waals surface area contributed by atoms with E-state index in [0.717, 1.165) is 37.4 Å². The molecular weight excluding hydrogens is 392 g/mol. The van der Waals surface area contributed by atoms with Crippen molar-refractivity contribution in [2.45, 2.75) is 33.0 Å². The van der Waals surface area contributed by atoms with Crippen molar-refractivity contribution in [3.63, 3.8) is 0 Å². The summed E-state index contributed by atoms with van der Waals surface area (Å²) in [5, 5.41) is 0. The molecule has 0 radical (unpaired) electrons. The number of hydrogen-bond acceptors (Lipinski definition) is 5. The number of fused-ring (bicyclic) bond motifs is 1. The van der Waals surface area contributed by atoms with Gasteiger partial charge in [0.2, 0.25) is 0 Å². The van der Waals surface area contributed by atoms with Crippen LogP contribution < -0.4 is 4.90 Å². The van der Waals surface area contributed by atoms with Gasteiger partial charge in [0, 0.05) is 43.7 Å². The first kappa shape index (κ1) is 21.2. The first-order valence-electron chi connectivity index (χ1n) is 10.8. The number of ether oxygens (including phenoxy) is 2. The summed E-state index contributed by atoms with van der Waals surface area (Å²) in [5.41, 5.74) is 2.15. The summed E-state index contributed by atoms with van der Waals surface area (Å²) in [4.78, 5) is 28.8. The van der Waals surface area contributed by atoms with Gasteiger partial charge in [-0.1, -0.05) is 30.3 Å². The second-order valence-corrected chi connectivity index (χ2v) is 9.42. The standard InChI is InChI=1S/C25H30N2O4/c1-25(2,3)31-24(29)27-15-20-13-26(14-21(20)16-27)22-11-9-19(10-12-22)23(28)30-17-18-7-5-4-6-8-18/h4-12,20-21H,13-17H2,1-3H3. The maximum atomic E-state index is 12.3. The summed E-state index contributed by atoms with van der Waals surface area (Å²) < 4.78 is 10.9. The molecule has 0 spiro atoms. The van der Waals surface area contributed by atoms with E-state index in [-0.39, 0.29) is 18.7 Å². The van der Waals surface area contributed by atoms with Gasteiger partial charge in [-0.2, -0.15) is 0 Å². The second kappa shape index (κ2) is 8.61. The fourth-order valence-electron chi connectivity index (χ4n) is 4.29. The molecule has 2 aromatic rings. The SMILES string of the molecule is CC(C)(C)OC(=O)N1CC2CN(c3ccc(C(=O)OCc4ccccc4)cc3)CC2C1. The van der Waals surface area contributed by atoms with Crippen molar-refractivity contribution in [3.8, 4) is 0 Å². The van der Waals surface area contributed by atoms with Crippen LogP contribution in [0.2, 0.25) is 0 Å². The van der Waals surface area contributed by atoms with Crippen molar-refractivity contribution in [2.75, 3.05) is 31.1 Å². The molecule has 6 nitrogen and oxygen atoms in total. The molecule has 6 heteroatoms. The summed E-state index contributed by atoms with van der Waals surface area (Å²) in [6.45, 7) is 9.23. The van der Waals surface area contributed by atoms with Crippen LogP contribution in [0.5, 0.6) is 0 Å². The Morgan fingerprint density at radius 2 is 1.52 bits per heavy atom. The smallest absolute Gasteiger partial charge is 0.410 e. The Kier molecular flexibility index (Phi) is 5.90. The van der Waals surface area contributed by atoms with Crippen LogP contribution in [-0.4, -0.2) is 48.7 Å². The lowest BCUT2D eigenvalue weighted by atomic mass is 10.0. The molecular formula is C25H30N2O4. The van der Waals surface area contributed by atoms with Crippen molar-refractivity contribution in [3.05, 3.63) is 65.7 Å². The molecule has 2 atom stereocenters. The molecule has 0 N–H and O–H groups in total. The summed E-state index contributed by atoms with van der Waals surface area (Å²) in [5.74, 6) is 0.577. The van der Waals surface area contributed by atoms with Crippen molar-refractivity contribution < 1.29 is 19.1 Å². The molecule has 2 aromatic carbocycles. The number of anilines is 1. The first-order chi connectivity index (χ1) is 14.8. The third-order valence-electron chi connectivity index (χ3n) is 5.82. The minimum Gasteiger partial charge on any atom is -0.457 e. The Labute approximate surface area is 183 Å². The van der Waals surface area contributed by atoms with Crippen LogP contribution in [-0.2, 0) is 16.1 Å². The highest BCUT2D eigenvalue weighted by atomic mass is 16.6. The van der Waals surface area contributed by atoms with Gasteiger partial charge in [-0.25, -0.2) is 9.59 Å². The van der Waals surface area contributed by atoms with Crippen LogP contribution in [0.15, 0.2) is 54.6 Å². The molecule has 2 heterocycles. The summed E-state index contributed by atoms with van der Waals surface area (Å²) in [6, 6.07) is 17.3. The molecule has 0 bridgehead atoms. The molecule has 2 aliphatic heterocycles. The van der Waals surface area contributed by atoms with E-state index >= 15 is 0 Å². The first-order valence-corrected chi connectivity index (χ1v) is 10.8. The number of esters is 1. The van der Waals surface area contributed by atoms with Gasteiger partial charge in [0.05, 0.1) is 5.56 Å². The van der Waals surface area contributed by atoms with Crippen LogP contribution >= 0.6 is 0 Å². The van der Waals surface area contributed by atoms with Crippen LogP contribution in [0, 0.1) is 11.8 Å². The van der Waals surface area contributed by atoms with E-state index in [2.05, 4.69) is 4.90 Å². The highest BCUT2D eigenvalue weighted by Gasteiger charge is 2.42. The van der Waals surface area contributed by atoms with Crippen molar-refractivity contribution >= 4 is 17.7 Å². The normalized spacial score (nSPS) is 20.5. The average molecular weight is 423 g/mol. The summed E-state index contributed by atoms with van der Waals surface area (Å²) in [6.07, 6.45) is -0.216. The van der Waals surface area contributed by atoms with Gasteiger partial charge in [0.15, 0.2) is 0 Å². The van der Waals surface area contributed by atoms with Crippen LogP contribution in [0.3, 0.4) is 0 Å². The lowest BCUT2D eigenvalue weighted by Crippen LogP contribution is -2.37. The Bertz CT molecular complexity index is 907. The van der Waals surface area contributed by atoms with E-state index < -0.39 is 5.60 Å². The maximum Gasteiger partial charge on any atom is 0.410 e. The Morgan fingerprint density at radius 3 is 2.10 bits per heavy atom. The van der Waals surface area contributed by atoms with E-state index in [1.54, 1.807) is 0 Å². The van der Waals surface area contributed by atoms with Gasteiger partial charge >= 0.3 is 12.1 Å².